The Bertz CT molecular complexity index is 2060. The van der Waals surface area contributed by atoms with Gasteiger partial charge in [-0.25, -0.2) is 17.5 Å². The third kappa shape index (κ3) is 8.28. The fourth-order valence-electron chi connectivity index (χ4n) is 7.93. The van der Waals surface area contributed by atoms with Gasteiger partial charge < -0.3 is 26.4 Å². The predicted octanol–water partition coefficient (Wildman–Crippen LogP) is 1.22. The van der Waals surface area contributed by atoms with E-state index in [0.29, 0.717) is 16.5 Å². The first-order valence-electron chi connectivity index (χ1n) is 18.1. The van der Waals surface area contributed by atoms with Crippen LogP contribution in [0.2, 0.25) is 0 Å². The summed E-state index contributed by atoms with van der Waals surface area (Å²) in [5.74, 6) is -5.86. The average Bonchev–Trinajstić information content (AvgIpc) is 3.81. The lowest BCUT2D eigenvalue weighted by molar-refractivity contribution is -0.145. The highest BCUT2D eigenvalue weighted by molar-refractivity contribution is 7.91. The van der Waals surface area contributed by atoms with Crippen molar-refractivity contribution in [2.75, 3.05) is 18.1 Å². The van der Waals surface area contributed by atoms with E-state index in [4.69, 9.17) is 5.73 Å². The van der Waals surface area contributed by atoms with E-state index in [1.807, 2.05) is 0 Å². The van der Waals surface area contributed by atoms with Crippen LogP contribution in [0.4, 0.5) is 4.39 Å². The molecule has 0 radical (unpaired) electrons. The van der Waals surface area contributed by atoms with E-state index in [2.05, 4.69) is 25.9 Å². The molecule has 1 unspecified atom stereocenters. The second kappa shape index (κ2) is 15.1. The smallest absolute Gasteiger partial charge is 0.287 e. The second-order valence-electron chi connectivity index (χ2n) is 15.3. The lowest BCUT2D eigenvalue weighted by Gasteiger charge is -2.37. The highest BCUT2D eigenvalue weighted by atomic mass is 32.2. The van der Waals surface area contributed by atoms with Gasteiger partial charge >= 0.3 is 0 Å². The number of carbonyl (C=O) groups is 5. The number of likely N-dealkylation sites (tertiary alicyclic amines) is 1. The number of hydrogen-bond donors (Lipinski definition) is 4. The van der Waals surface area contributed by atoms with Gasteiger partial charge in [-0.1, -0.05) is 43.4 Å². The van der Waals surface area contributed by atoms with Gasteiger partial charge in [0.25, 0.3) is 11.8 Å². The normalized spacial score (nSPS) is 22.0. The van der Waals surface area contributed by atoms with Crippen LogP contribution in [0.5, 0.6) is 0 Å². The van der Waals surface area contributed by atoms with Gasteiger partial charge in [0.2, 0.25) is 17.6 Å². The lowest BCUT2D eigenvalue weighted by atomic mass is 9.84. The molecule has 1 aromatic carbocycles. The molecule has 0 bridgehead atoms. The number of sulfone groups is 1. The van der Waals surface area contributed by atoms with Crippen molar-refractivity contribution < 1.29 is 41.9 Å². The van der Waals surface area contributed by atoms with Crippen molar-refractivity contribution in [2.45, 2.75) is 101 Å². The van der Waals surface area contributed by atoms with Crippen LogP contribution in [0.3, 0.4) is 0 Å². The molecule has 54 heavy (non-hydrogen) atoms. The lowest BCUT2D eigenvalue weighted by Crippen LogP contribution is -2.64. The summed E-state index contributed by atoms with van der Waals surface area (Å²) in [6.45, 7) is 2.96. The Labute approximate surface area is 311 Å². The average molecular weight is 769 g/mol. The number of benzene rings is 1. The minimum Gasteiger partial charge on any atom is -0.384 e. The van der Waals surface area contributed by atoms with Crippen LogP contribution in [0.15, 0.2) is 36.7 Å². The Morgan fingerprint density at radius 1 is 1.06 bits per heavy atom. The number of nitrogens with one attached hydrogen (secondary N) is 2. The zero-order chi connectivity index (χ0) is 39.0. The quantitative estimate of drug-likeness (QED) is 0.202. The molecular formula is C36H45FN8O8S. The Kier molecular flexibility index (Phi) is 10.9. The van der Waals surface area contributed by atoms with Crippen molar-refractivity contribution in [1.82, 2.24) is 35.5 Å². The minimum atomic E-state index is -3.55. The van der Waals surface area contributed by atoms with Crippen LogP contribution in [-0.2, 0) is 34.6 Å². The van der Waals surface area contributed by atoms with E-state index in [9.17, 15) is 41.9 Å². The number of primary amides is 1. The van der Waals surface area contributed by atoms with E-state index in [0.717, 1.165) is 32.1 Å². The first-order chi connectivity index (χ1) is 25.5. The van der Waals surface area contributed by atoms with Crippen molar-refractivity contribution >= 4 is 50.0 Å². The van der Waals surface area contributed by atoms with Crippen molar-refractivity contribution in [3.8, 4) is 0 Å². The highest BCUT2D eigenvalue weighted by Crippen LogP contribution is 2.35. The monoisotopic (exact) mass is 768 g/mol. The Balaban J connectivity index is 1.34. The summed E-state index contributed by atoms with van der Waals surface area (Å²) in [6.07, 6.45) is 6.81. The zero-order valence-electron chi connectivity index (χ0n) is 30.2. The number of halogens is 1. The van der Waals surface area contributed by atoms with Crippen molar-refractivity contribution in [1.29, 1.82) is 0 Å². The molecule has 0 spiro atoms. The van der Waals surface area contributed by atoms with Crippen molar-refractivity contribution in [3.63, 3.8) is 0 Å². The fourth-order valence-corrected chi connectivity index (χ4v) is 9.45. The molecule has 4 amide bonds. The van der Waals surface area contributed by atoms with Gasteiger partial charge in [0.05, 0.1) is 29.4 Å². The maximum absolute atomic E-state index is 14.8. The summed E-state index contributed by atoms with van der Waals surface area (Å²) in [5, 5.41) is 25.5. The van der Waals surface area contributed by atoms with E-state index in [-0.39, 0.29) is 43.8 Å². The molecule has 3 aromatic rings. The zero-order valence-corrected chi connectivity index (χ0v) is 31.0. The van der Waals surface area contributed by atoms with Gasteiger partial charge in [0, 0.05) is 24.5 Å². The molecule has 2 aromatic heterocycles. The van der Waals surface area contributed by atoms with Crippen molar-refractivity contribution in [2.24, 2.45) is 11.7 Å². The third-order valence-corrected chi connectivity index (χ3v) is 12.6. The first kappa shape index (κ1) is 38.9. The topological polar surface area (TPSA) is 237 Å². The molecule has 2 aliphatic heterocycles. The maximum atomic E-state index is 14.8. The number of fused-ring (bicyclic) bond motifs is 1. The number of pyridine rings is 1. The molecule has 3 aliphatic rings. The summed E-state index contributed by atoms with van der Waals surface area (Å²) in [5.41, 5.74) is 2.37. The van der Waals surface area contributed by atoms with E-state index in [1.165, 1.54) is 60.1 Å². The first-order valence-corrected chi connectivity index (χ1v) is 19.9. The number of aliphatic hydroxyl groups is 1. The molecule has 2 saturated heterocycles. The van der Waals surface area contributed by atoms with Gasteiger partial charge in [-0.05, 0) is 62.6 Å². The summed E-state index contributed by atoms with van der Waals surface area (Å²) in [4.78, 5) is 73.8. The van der Waals surface area contributed by atoms with Crippen LogP contribution in [-0.4, -0.2) is 103 Å². The van der Waals surface area contributed by atoms with Gasteiger partial charge in [-0.15, -0.1) is 5.10 Å². The van der Waals surface area contributed by atoms with Gasteiger partial charge in [-0.3, -0.25) is 29.0 Å². The number of Topliss-reactive ketones (excluding diaryl/α,β-unsaturated/α-hetero) is 1. The van der Waals surface area contributed by atoms with E-state index >= 15 is 0 Å². The van der Waals surface area contributed by atoms with Gasteiger partial charge in [-0.2, -0.15) is 0 Å². The number of amides is 4. The molecule has 16 nitrogen and oxygen atoms in total. The number of carbonyl (C=O) groups excluding carboxylic acids is 5. The number of ketones is 1. The molecule has 5 N–H and O–H groups in total. The molecule has 290 valence electrons. The third-order valence-electron chi connectivity index (χ3n) is 10.9. The number of rotatable bonds is 11. The number of nitrogens with zero attached hydrogens (tertiary/aromatic N) is 5. The molecule has 1 aliphatic carbocycles. The predicted molar refractivity (Wildman–Crippen MR) is 192 cm³/mol. The summed E-state index contributed by atoms with van der Waals surface area (Å²) in [7, 11) is -3.55. The van der Waals surface area contributed by atoms with Crippen molar-refractivity contribution in [3.05, 3.63) is 53.9 Å². The maximum Gasteiger partial charge on any atom is 0.287 e. The molecule has 1 saturated carbocycles. The summed E-state index contributed by atoms with van der Waals surface area (Å²) in [6, 6.07) is 2.47. The van der Waals surface area contributed by atoms with E-state index < -0.39 is 85.8 Å². The standard InChI is InChI=1S/C36H45FN8O8S/c1-35(2,51)29-19-40-43-45(29)25-17-28(33(49)42-36(30(46)31(38)47)10-12-54(52,53)13-11-36)44(20-25)34(50)27(14-21-6-4-3-5-7-21)41-32(48)26-16-22-8-9-24(37)15-23(22)18-39-26/h8-9,15-16,18-19,21,25,27-28,51H,3-7,10-14,17,20H2,1-2H3,(H2,38,47)(H,41,48)(H,42,49)/t25-,27?,28-/m0/s1. The number of aromatic nitrogens is 4. The van der Waals surface area contributed by atoms with Gasteiger partial charge in [0.1, 0.15) is 34.7 Å². The highest BCUT2D eigenvalue weighted by Gasteiger charge is 2.50. The Morgan fingerprint density at radius 2 is 1.76 bits per heavy atom. The summed E-state index contributed by atoms with van der Waals surface area (Å²) < 4.78 is 39.9. The van der Waals surface area contributed by atoms with Crippen LogP contribution in [0, 0.1) is 11.7 Å². The Hall–Kier alpha value is -4.84. The fraction of sp³-hybridized carbons (Fsp3) is 0.556. The van der Waals surface area contributed by atoms with Gasteiger partial charge in [0.15, 0.2) is 9.84 Å². The van der Waals surface area contributed by atoms with E-state index in [1.54, 1.807) is 0 Å². The molecular weight excluding hydrogens is 724 g/mol. The second-order valence-corrected chi connectivity index (χ2v) is 17.6. The molecule has 18 heteroatoms. The SMILES string of the molecule is CC(C)(O)c1cnnn1[C@H]1C[C@@H](C(=O)NC2(C(=O)C(N)=O)CCS(=O)(=O)CC2)N(C(=O)C(CC2CCCCC2)NC(=O)c2cc3ccc(F)cc3cn2)C1. The van der Waals surface area contributed by atoms with Crippen LogP contribution in [0.25, 0.3) is 10.8 Å². The summed E-state index contributed by atoms with van der Waals surface area (Å²) >= 11 is 0. The molecule has 6 rings (SSSR count). The van der Waals surface area contributed by atoms with Crippen LogP contribution >= 0.6 is 0 Å². The molecule has 4 heterocycles. The van der Waals surface area contributed by atoms with Crippen LogP contribution < -0.4 is 16.4 Å². The Morgan fingerprint density at radius 3 is 2.43 bits per heavy atom. The number of nitrogens with two attached hydrogens (primary N) is 1. The molecule has 3 fully saturated rings. The number of hydrogen-bond acceptors (Lipinski definition) is 11. The molecule has 3 atom stereocenters. The van der Waals surface area contributed by atoms with Crippen LogP contribution in [0.1, 0.15) is 93.9 Å². The largest absolute Gasteiger partial charge is 0.384 e. The minimum absolute atomic E-state index is 0.000681.